The number of hydrogen-bond acceptors (Lipinski definition) is 5. The van der Waals surface area contributed by atoms with Gasteiger partial charge in [-0.15, -0.1) is 10.2 Å². The van der Waals surface area contributed by atoms with Crippen LogP contribution in [0, 0.1) is 0 Å². The molecule has 0 amide bonds. The molecule has 0 bridgehead atoms. The topological polar surface area (TPSA) is 60.2 Å². The minimum Gasteiger partial charge on any atom is -0.419 e. The number of rotatable bonds is 5. The van der Waals surface area contributed by atoms with Crippen LogP contribution in [-0.4, -0.2) is 16.3 Å². The van der Waals surface area contributed by atoms with Crippen LogP contribution < -0.4 is 5.48 Å². The van der Waals surface area contributed by atoms with Crippen LogP contribution in [0.15, 0.2) is 34.7 Å². The maximum atomic E-state index is 5.57. The van der Waals surface area contributed by atoms with Crippen molar-refractivity contribution in [2.75, 3.05) is 0 Å². The summed E-state index contributed by atoms with van der Waals surface area (Å²) < 4.78 is 5.57. The number of benzene rings is 1. The molecule has 2 aromatic rings. The fraction of sp³-hybridized carbons (Fsp3) is 0.429. The first-order valence-corrected chi connectivity index (χ1v) is 6.68. The lowest BCUT2D eigenvalue weighted by atomic mass is 10.2. The molecule has 1 N–H and O–H groups in total. The Bertz CT molecular complexity index is 506. The second-order valence-corrected chi connectivity index (χ2v) is 4.71. The van der Waals surface area contributed by atoms with E-state index < -0.39 is 0 Å². The molecule has 0 aliphatic heterocycles. The van der Waals surface area contributed by atoms with E-state index in [9.17, 15) is 0 Å². The molecule has 3 rings (SSSR count). The molecule has 5 heteroatoms. The van der Waals surface area contributed by atoms with Crippen molar-refractivity contribution in [1.29, 1.82) is 0 Å². The fourth-order valence-electron chi connectivity index (χ4n) is 2.25. The van der Waals surface area contributed by atoms with Crippen LogP contribution in [0.4, 0.5) is 0 Å². The van der Waals surface area contributed by atoms with Gasteiger partial charge < -0.3 is 4.42 Å². The van der Waals surface area contributed by atoms with Gasteiger partial charge in [-0.25, -0.2) is 0 Å². The third kappa shape index (κ3) is 3.19. The molecule has 1 heterocycles. The summed E-state index contributed by atoms with van der Waals surface area (Å²) in [5.41, 5.74) is 3.84. The van der Waals surface area contributed by atoms with E-state index in [0.717, 1.165) is 18.4 Å². The molecule has 0 spiro atoms. The number of hydrogen-bond donors (Lipinski definition) is 1. The maximum absolute atomic E-state index is 5.57. The van der Waals surface area contributed by atoms with Crippen molar-refractivity contribution in [3.05, 3.63) is 36.2 Å². The Kier molecular flexibility index (Phi) is 3.86. The number of hydroxylamine groups is 1. The zero-order valence-electron chi connectivity index (χ0n) is 10.7. The molecule has 1 aliphatic rings. The Hall–Kier alpha value is -1.72. The van der Waals surface area contributed by atoms with Gasteiger partial charge in [0, 0.05) is 5.56 Å². The molecule has 0 saturated heterocycles. The van der Waals surface area contributed by atoms with Gasteiger partial charge in [-0.1, -0.05) is 31.0 Å². The van der Waals surface area contributed by atoms with Crippen LogP contribution in [0.25, 0.3) is 11.5 Å². The van der Waals surface area contributed by atoms with Crippen molar-refractivity contribution in [3.8, 4) is 11.5 Å². The average molecular weight is 259 g/mol. The Morgan fingerprint density at radius 3 is 2.74 bits per heavy atom. The first kappa shape index (κ1) is 12.3. The minimum atomic E-state index is 0.330. The molecule has 1 aliphatic carbocycles. The van der Waals surface area contributed by atoms with Crippen LogP contribution in [0.2, 0.25) is 0 Å². The molecule has 19 heavy (non-hydrogen) atoms. The number of nitrogens with one attached hydrogen (secondary N) is 1. The number of aromatic nitrogens is 2. The van der Waals surface area contributed by atoms with Crippen molar-refractivity contribution in [2.24, 2.45) is 0 Å². The van der Waals surface area contributed by atoms with Gasteiger partial charge >= 0.3 is 0 Å². The Morgan fingerprint density at radius 2 is 1.95 bits per heavy atom. The summed E-state index contributed by atoms with van der Waals surface area (Å²) >= 11 is 0. The van der Waals surface area contributed by atoms with Crippen LogP contribution in [0.1, 0.15) is 31.6 Å². The normalized spacial score (nSPS) is 16.0. The number of nitrogens with zero attached hydrogens (tertiary/aromatic N) is 2. The van der Waals surface area contributed by atoms with Crippen molar-refractivity contribution in [1.82, 2.24) is 15.7 Å². The van der Waals surface area contributed by atoms with Crippen LogP contribution >= 0.6 is 0 Å². The molecule has 0 unspecified atom stereocenters. The summed E-state index contributed by atoms with van der Waals surface area (Å²) in [5, 5.41) is 8.02. The molecular weight excluding hydrogens is 242 g/mol. The zero-order valence-corrected chi connectivity index (χ0v) is 10.7. The third-order valence-electron chi connectivity index (χ3n) is 3.26. The van der Waals surface area contributed by atoms with Gasteiger partial charge in [0.15, 0.2) is 0 Å². The molecule has 100 valence electrons. The van der Waals surface area contributed by atoms with Crippen molar-refractivity contribution in [3.63, 3.8) is 0 Å². The SMILES string of the molecule is c1ccc(-c2nnc(CNOC3CCCC3)o2)cc1. The summed E-state index contributed by atoms with van der Waals surface area (Å²) in [4.78, 5) is 5.54. The highest BCUT2D eigenvalue weighted by Gasteiger charge is 2.16. The van der Waals surface area contributed by atoms with E-state index in [0.29, 0.717) is 24.4 Å². The molecule has 1 fully saturated rings. The van der Waals surface area contributed by atoms with Crippen molar-refractivity contribution >= 4 is 0 Å². The highest BCUT2D eigenvalue weighted by Crippen LogP contribution is 2.20. The Labute approximate surface area is 111 Å². The van der Waals surface area contributed by atoms with E-state index in [-0.39, 0.29) is 0 Å². The van der Waals surface area contributed by atoms with E-state index in [1.807, 2.05) is 30.3 Å². The first-order chi connectivity index (χ1) is 9.42. The van der Waals surface area contributed by atoms with Crippen LogP contribution in [0.5, 0.6) is 0 Å². The summed E-state index contributed by atoms with van der Waals surface area (Å²) in [6.07, 6.45) is 5.10. The van der Waals surface area contributed by atoms with E-state index in [4.69, 9.17) is 9.25 Å². The van der Waals surface area contributed by atoms with Crippen molar-refractivity contribution < 1.29 is 9.25 Å². The molecule has 1 saturated carbocycles. The van der Waals surface area contributed by atoms with E-state index in [1.165, 1.54) is 12.8 Å². The lowest BCUT2D eigenvalue weighted by Crippen LogP contribution is -2.21. The molecule has 0 atom stereocenters. The monoisotopic (exact) mass is 259 g/mol. The molecule has 0 radical (unpaired) electrons. The predicted octanol–water partition coefficient (Wildman–Crippen LogP) is 2.70. The van der Waals surface area contributed by atoms with E-state index >= 15 is 0 Å². The summed E-state index contributed by atoms with van der Waals surface area (Å²) in [6, 6.07) is 9.73. The first-order valence-electron chi connectivity index (χ1n) is 6.68. The highest BCUT2D eigenvalue weighted by molar-refractivity contribution is 5.51. The van der Waals surface area contributed by atoms with Gasteiger partial charge in [-0.2, -0.15) is 5.48 Å². The largest absolute Gasteiger partial charge is 0.419 e. The molecule has 1 aromatic heterocycles. The highest BCUT2D eigenvalue weighted by atomic mass is 16.7. The minimum absolute atomic E-state index is 0.330. The lowest BCUT2D eigenvalue weighted by molar-refractivity contribution is -0.0274. The van der Waals surface area contributed by atoms with Gasteiger partial charge in [0.1, 0.15) is 0 Å². The summed E-state index contributed by atoms with van der Waals surface area (Å²) in [6.45, 7) is 0.441. The molecule has 1 aromatic carbocycles. The van der Waals surface area contributed by atoms with E-state index in [2.05, 4.69) is 15.7 Å². The fourth-order valence-corrected chi connectivity index (χ4v) is 2.25. The molecular formula is C14H17N3O2. The second-order valence-electron chi connectivity index (χ2n) is 4.71. The molecule has 5 nitrogen and oxygen atoms in total. The van der Waals surface area contributed by atoms with Crippen LogP contribution in [-0.2, 0) is 11.4 Å². The van der Waals surface area contributed by atoms with Gasteiger partial charge in [0.25, 0.3) is 0 Å². The second kappa shape index (κ2) is 5.95. The van der Waals surface area contributed by atoms with Gasteiger partial charge in [0.2, 0.25) is 11.8 Å². The maximum Gasteiger partial charge on any atom is 0.247 e. The quantitative estimate of drug-likeness (QED) is 0.836. The van der Waals surface area contributed by atoms with Gasteiger partial charge in [0.05, 0.1) is 12.6 Å². The van der Waals surface area contributed by atoms with Crippen LogP contribution in [0.3, 0.4) is 0 Å². The zero-order chi connectivity index (χ0) is 12.9. The lowest BCUT2D eigenvalue weighted by Gasteiger charge is -2.09. The smallest absolute Gasteiger partial charge is 0.247 e. The third-order valence-corrected chi connectivity index (χ3v) is 3.26. The standard InChI is InChI=1S/C14H17N3O2/c1-2-6-11(7-3-1)14-17-16-13(18-14)10-15-19-12-8-4-5-9-12/h1-3,6-7,12,15H,4-5,8-10H2. The van der Waals surface area contributed by atoms with Crippen molar-refractivity contribution in [2.45, 2.75) is 38.3 Å². The van der Waals surface area contributed by atoms with E-state index in [1.54, 1.807) is 0 Å². The predicted molar refractivity (Wildman–Crippen MR) is 69.9 cm³/mol. The van der Waals surface area contributed by atoms with Gasteiger partial charge in [-0.3, -0.25) is 4.84 Å². The Morgan fingerprint density at radius 1 is 1.16 bits per heavy atom. The average Bonchev–Trinajstić information content (AvgIpc) is 3.11. The summed E-state index contributed by atoms with van der Waals surface area (Å²) in [5.74, 6) is 1.08. The summed E-state index contributed by atoms with van der Waals surface area (Å²) in [7, 11) is 0. The Balaban J connectivity index is 1.53. The van der Waals surface area contributed by atoms with Gasteiger partial charge in [-0.05, 0) is 25.0 Å².